The topological polar surface area (TPSA) is 71.3 Å². The van der Waals surface area contributed by atoms with Crippen LogP contribution < -0.4 is 0 Å². The van der Waals surface area contributed by atoms with Gasteiger partial charge in [0.25, 0.3) is 0 Å². The van der Waals surface area contributed by atoms with E-state index < -0.39 is 0 Å². The molecule has 3 rings (SSSR count). The van der Waals surface area contributed by atoms with Gasteiger partial charge in [-0.15, -0.1) is 5.10 Å². The average Bonchev–Trinajstić information content (AvgIpc) is 2.83. The first kappa shape index (κ1) is 16.9. The molecule has 1 saturated heterocycles. The molecule has 7 heteroatoms. The number of hydrogen-bond acceptors (Lipinski definition) is 4. The molecule has 0 radical (unpaired) electrons. The Morgan fingerprint density at radius 3 is 2.62 bits per heavy atom. The predicted molar refractivity (Wildman–Crippen MR) is 89.0 cm³/mol. The van der Waals surface area contributed by atoms with Crippen molar-refractivity contribution in [2.45, 2.75) is 58.5 Å². The standard InChI is InChI=1S/C17H27N5O2/c1-13(2)9-15-17(24)21(11-14-10-18-19-22(14)15)12-16(23)20-7-5-3-4-6-8-20/h10,13,15H,3-9,11-12H2,1-2H3/t15-/m0/s1. The number of rotatable bonds is 4. The second-order valence-corrected chi connectivity index (χ2v) is 7.30. The van der Waals surface area contributed by atoms with Crippen LogP contribution in [0.25, 0.3) is 0 Å². The molecule has 0 bridgehead atoms. The number of hydrogen-bond donors (Lipinski definition) is 0. The second kappa shape index (κ2) is 7.32. The molecular weight excluding hydrogens is 306 g/mol. The Balaban J connectivity index is 1.71. The Morgan fingerprint density at radius 1 is 1.25 bits per heavy atom. The normalized spacial score (nSPS) is 21.8. The average molecular weight is 333 g/mol. The molecule has 2 amide bonds. The van der Waals surface area contributed by atoms with Crippen molar-refractivity contribution in [1.29, 1.82) is 0 Å². The van der Waals surface area contributed by atoms with E-state index >= 15 is 0 Å². The molecule has 1 aromatic rings. The Labute approximate surface area is 143 Å². The summed E-state index contributed by atoms with van der Waals surface area (Å²) >= 11 is 0. The van der Waals surface area contributed by atoms with Gasteiger partial charge >= 0.3 is 0 Å². The fraction of sp³-hybridized carbons (Fsp3) is 0.765. The van der Waals surface area contributed by atoms with E-state index in [9.17, 15) is 9.59 Å². The van der Waals surface area contributed by atoms with E-state index in [-0.39, 0.29) is 24.4 Å². The third-order valence-corrected chi connectivity index (χ3v) is 4.87. The molecule has 132 valence electrons. The van der Waals surface area contributed by atoms with Crippen molar-refractivity contribution in [3.05, 3.63) is 11.9 Å². The Kier molecular flexibility index (Phi) is 5.16. The molecule has 1 atom stereocenters. The Morgan fingerprint density at radius 2 is 1.96 bits per heavy atom. The largest absolute Gasteiger partial charge is 0.341 e. The lowest BCUT2D eigenvalue weighted by molar-refractivity contribution is -0.145. The maximum absolute atomic E-state index is 12.9. The van der Waals surface area contributed by atoms with Gasteiger partial charge in [-0.3, -0.25) is 9.59 Å². The molecule has 0 spiro atoms. The van der Waals surface area contributed by atoms with E-state index in [0.29, 0.717) is 18.9 Å². The van der Waals surface area contributed by atoms with E-state index in [1.165, 1.54) is 12.8 Å². The molecule has 0 aliphatic carbocycles. The van der Waals surface area contributed by atoms with Crippen molar-refractivity contribution in [2.75, 3.05) is 19.6 Å². The van der Waals surface area contributed by atoms with E-state index in [1.807, 2.05) is 4.90 Å². The van der Waals surface area contributed by atoms with Crippen LogP contribution in [0.4, 0.5) is 0 Å². The molecule has 0 unspecified atom stereocenters. The number of amides is 2. The van der Waals surface area contributed by atoms with Gasteiger partial charge in [0.2, 0.25) is 11.8 Å². The highest BCUT2D eigenvalue weighted by Crippen LogP contribution is 2.26. The summed E-state index contributed by atoms with van der Waals surface area (Å²) in [5.41, 5.74) is 0.906. The number of aromatic nitrogens is 3. The summed E-state index contributed by atoms with van der Waals surface area (Å²) < 4.78 is 1.73. The van der Waals surface area contributed by atoms with Gasteiger partial charge in [0, 0.05) is 13.1 Å². The summed E-state index contributed by atoms with van der Waals surface area (Å²) in [7, 11) is 0. The van der Waals surface area contributed by atoms with Crippen molar-refractivity contribution in [2.24, 2.45) is 5.92 Å². The van der Waals surface area contributed by atoms with Crippen molar-refractivity contribution >= 4 is 11.8 Å². The van der Waals surface area contributed by atoms with Gasteiger partial charge in [-0.25, -0.2) is 4.68 Å². The highest BCUT2D eigenvalue weighted by atomic mass is 16.2. The molecule has 0 N–H and O–H groups in total. The minimum atomic E-state index is -0.340. The molecule has 0 aromatic carbocycles. The minimum absolute atomic E-state index is 0.00938. The zero-order valence-electron chi connectivity index (χ0n) is 14.6. The van der Waals surface area contributed by atoms with Crippen LogP contribution in [0.2, 0.25) is 0 Å². The first-order chi connectivity index (χ1) is 11.6. The maximum Gasteiger partial charge on any atom is 0.248 e. The first-order valence-electron chi connectivity index (χ1n) is 9.02. The van der Waals surface area contributed by atoms with E-state index in [4.69, 9.17) is 0 Å². The van der Waals surface area contributed by atoms with Gasteiger partial charge in [-0.1, -0.05) is 31.9 Å². The lowest BCUT2D eigenvalue weighted by Gasteiger charge is -2.34. The monoisotopic (exact) mass is 333 g/mol. The first-order valence-corrected chi connectivity index (χ1v) is 9.02. The molecule has 7 nitrogen and oxygen atoms in total. The molecule has 2 aliphatic heterocycles. The summed E-state index contributed by atoms with van der Waals surface area (Å²) in [6.07, 6.45) is 6.91. The predicted octanol–water partition coefficient (Wildman–Crippen LogP) is 1.61. The lowest BCUT2D eigenvalue weighted by Crippen LogP contribution is -2.48. The van der Waals surface area contributed by atoms with Crippen molar-refractivity contribution < 1.29 is 9.59 Å². The highest BCUT2D eigenvalue weighted by Gasteiger charge is 2.35. The lowest BCUT2D eigenvalue weighted by atomic mass is 10.0. The summed E-state index contributed by atoms with van der Waals surface area (Å²) in [6, 6.07) is -0.340. The van der Waals surface area contributed by atoms with Crippen molar-refractivity contribution in [3.63, 3.8) is 0 Å². The van der Waals surface area contributed by atoms with E-state index in [0.717, 1.165) is 31.6 Å². The summed E-state index contributed by atoms with van der Waals surface area (Å²) in [5.74, 6) is 0.427. The van der Waals surface area contributed by atoms with E-state index in [2.05, 4.69) is 24.2 Å². The van der Waals surface area contributed by atoms with Crippen LogP contribution in [0.1, 0.15) is 57.7 Å². The van der Waals surface area contributed by atoms with Crippen LogP contribution in [0.5, 0.6) is 0 Å². The van der Waals surface area contributed by atoms with Gasteiger partial charge in [-0.05, 0) is 25.2 Å². The van der Waals surface area contributed by atoms with Crippen LogP contribution in [0.3, 0.4) is 0 Å². The molecule has 1 aromatic heterocycles. The SMILES string of the molecule is CC(C)C[C@H]1C(=O)N(CC(=O)N2CCCCCC2)Cc2cnnn21. The smallest absolute Gasteiger partial charge is 0.248 e. The van der Waals surface area contributed by atoms with E-state index in [1.54, 1.807) is 15.8 Å². The maximum atomic E-state index is 12.9. The van der Waals surface area contributed by atoms with Crippen LogP contribution in [-0.2, 0) is 16.1 Å². The van der Waals surface area contributed by atoms with Crippen molar-refractivity contribution in [1.82, 2.24) is 24.8 Å². The number of likely N-dealkylation sites (tertiary alicyclic amines) is 1. The number of fused-ring (bicyclic) bond motifs is 1. The summed E-state index contributed by atoms with van der Waals surface area (Å²) in [5, 5.41) is 8.03. The molecule has 0 saturated carbocycles. The molecule has 3 heterocycles. The fourth-order valence-corrected chi connectivity index (χ4v) is 3.59. The van der Waals surface area contributed by atoms with Crippen LogP contribution in [0, 0.1) is 5.92 Å². The van der Waals surface area contributed by atoms with Gasteiger partial charge in [-0.2, -0.15) is 0 Å². The van der Waals surface area contributed by atoms with Gasteiger partial charge in [0.1, 0.15) is 12.6 Å². The molecule has 2 aliphatic rings. The number of carbonyl (C=O) groups excluding carboxylic acids is 2. The zero-order chi connectivity index (χ0) is 17.1. The Bertz CT molecular complexity index is 590. The molecular formula is C17H27N5O2. The van der Waals surface area contributed by atoms with Gasteiger partial charge in [0.05, 0.1) is 18.4 Å². The minimum Gasteiger partial charge on any atom is -0.341 e. The highest BCUT2D eigenvalue weighted by molar-refractivity contribution is 5.87. The second-order valence-electron chi connectivity index (χ2n) is 7.30. The van der Waals surface area contributed by atoms with Crippen LogP contribution in [0.15, 0.2) is 6.20 Å². The third kappa shape index (κ3) is 3.60. The number of carbonyl (C=O) groups is 2. The molecule has 1 fully saturated rings. The number of nitrogens with zero attached hydrogens (tertiary/aromatic N) is 5. The van der Waals surface area contributed by atoms with Crippen molar-refractivity contribution in [3.8, 4) is 0 Å². The summed E-state index contributed by atoms with van der Waals surface area (Å²) in [4.78, 5) is 29.1. The third-order valence-electron chi connectivity index (χ3n) is 4.87. The van der Waals surface area contributed by atoms with Crippen LogP contribution in [-0.4, -0.2) is 56.2 Å². The van der Waals surface area contributed by atoms with Gasteiger partial charge < -0.3 is 9.80 Å². The molecule has 24 heavy (non-hydrogen) atoms. The van der Waals surface area contributed by atoms with Gasteiger partial charge in [0.15, 0.2) is 0 Å². The zero-order valence-corrected chi connectivity index (χ0v) is 14.6. The van der Waals surface area contributed by atoms with Crippen LogP contribution >= 0.6 is 0 Å². The Hall–Kier alpha value is -1.92. The fourth-order valence-electron chi connectivity index (χ4n) is 3.59. The quantitative estimate of drug-likeness (QED) is 0.839. The summed E-state index contributed by atoms with van der Waals surface area (Å²) in [6.45, 7) is 6.39.